The summed E-state index contributed by atoms with van der Waals surface area (Å²) in [7, 11) is 0. The van der Waals surface area contributed by atoms with E-state index >= 15 is 0 Å². The Hall–Kier alpha value is -1.01. The van der Waals surface area contributed by atoms with Crippen molar-refractivity contribution in [3.05, 3.63) is 0 Å². The van der Waals surface area contributed by atoms with Crippen LogP contribution in [-0.4, -0.2) is 37.1 Å². The number of nitrogens with two attached hydrogens (primary N) is 1. The maximum Gasteiger partial charge on any atom is 0.315 e. The van der Waals surface area contributed by atoms with Crippen LogP contribution < -0.4 is 21.7 Å². The summed E-state index contributed by atoms with van der Waals surface area (Å²) in [6.45, 7) is 3.03. The Morgan fingerprint density at radius 3 is 2.48 bits per heavy atom. The lowest BCUT2D eigenvalue weighted by molar-refractivity contribution is -0.121. The van der Waals surface area contributed by atoms with Crippen molar-refractivity contribution in [2.45, 2.75) is 76.8 Å². The molecule has 23 heavy (non-hydrogen) atoms. The van der Waals surface area contributed by atoms with E-state index in [0.29, 0.717) is 25.6 Å². The molecule has 0 aromatic carbocycles. The molecule has 1 aliphatic rings. The number of unbranched alkanes of at least 4 members (excludes halogenated alkanes) is 2. The topological polar surface area (TPSA) is 96.2 Å². The summed E-state index contributed by atoms with van der Waals surface area (Å²) < 4.78 is 0. The molecule has 0 unspecified atom stereocenters. The van der Waals surface area contributed by atoms with Gasteiger partial charge in [0.05, 0.1) is 0 Å². The third-order valence-corrected chi connectivity index (χ3v) is 4.07. The second-order valence-corrected chi connectivity index (χ2v) is 6.25. The minimum Gasteiger partial charge on any atom is -0.352 e. The van der Waals surface area contributed by atoms with Gasteiger partial charge in [0, 0.05) is 31.6 Å². The van der Waals surface area contributed by atoms with Crippen LogP contribution in [0, 0.1) is 0 Å². The fourth-order valence-electron chi connectivity index (χ4n) is 2.68. The first-order chi connectivity index (χ1) is 10.6. The number of hydrogen-bond donors (Lipinski definition) is 4. The highest BCUT2D eigenvalue weighted by molar-refractivity contribution is 5.85. The van der Waals surface area contributed by atoms with Crippen molar-refractivity contribution in [2.24, 2.45) is 5.73 Å². The van der Waals surface area contributed by atoms with Crippen LogP contribution >= 0.6 is 12.4 Å². The molecule has 1 rings (SSSR count). The number of carbonyl (C=O) groups excluding carboxylic acids is 2. The van der Waals surface area contributed by atoms with E-state index in [0.717, 1.165) is 32.1 Å². The van der Waals surface area contributed by atoms with E-state index in [1.807, 2.05) is 6.92 Å². The first-order valence-corrected chi connectivity index (χ1v) is 8.65. The maximum absolute atomic E-state index is 11.7. The second kappa shape index (κ2) is 13.4. The molecule has 3 amide bonds. The zero-order valence-corrected chi connectivity index (χ0v) is 15.1. The van der Waals surface area contributed by atoms with Gasteiger partial charge in [-0.25, -0.2) is 4.79 Å². The lowest BCUT2D eigenvalue weighted by atomic mass is 9.96. The third kappa shape index (κ3) is 11.2. The van der Waals surface area contributed by atoms with Crippen LogP contribution in [0.25, 0.3) is 0 Å². The van der Waals surface area contributed by atoms with E-state index in [4.69, 9.17) is 5.73 Å². The van der Waals surface area contributed by atoms with Crippen LogP contribution in [0.4, 0.5) is 4.79 Å². The highest BCUT2D eigenvalue weighted by Gasteiger charge is 2.14. The minimum atomic E-state index is -0.0542. The largest absolute Gasteiger partial charge is 0.352 e. The van der Waals surface area contributed by atoms with Gasteiger partial charge in [-0.05, 0) is 32.6 Å². The smallest absolute Gasteiger partial charge is 0.315 e. The predicted octanol–water partition coefficient (Wildman–Crippen LogP) is 2.06. The molecule has 0 aliphatic heterocycles. The standard InChI is InChI=1S/C16H32N4O2.ClH/c1-13(12-17)19-15(21)10-6-3-7-11-18-16(22)20-14-8-4-2-5-9-14;/h13-14H,2-12,17H2,1H3,(H,19,21)(H2,18,20,22);1H/t13-;/m0./s1. The molecule has 1 saturated carbocycles. The summed E-state index contributed by atoms with van der Waals surface area (Å²) >= 11 is 0. The number of rotatable bonds is 9. The van der Waals surface area contributed by atoms with E-state index in [1.165, 1.54) is 19.3 Å². The molecule has 0 heterocycles. The number of hydrogen-bond acceptors (Lipinski definition) is 3. The average Bonchev–Trinajstić information content (AvgIpc) is 2.51. The average molecular weight is 349 g/mol. The number of nitrogens with one attached hydrogen (secondary N) is 3. The van der Waals surface area contributed by atoms with E-state index in [2.05, 4.69) is 16.0 Å². The first kappa shape index (κ1) is 22.0. The lowest BCUT2D eigenvalue weighted by Gasteiger charge is -2.22. The van der Waals surface area contributed by atoms with E-state index in [9.17, 15) is 9.59 Å². The minimum absolute atomic E-state index is 0. The van der Waals surface area contributed by atoms with Gasteiger partial charge in [-0.3, -0.25) is 4.79 Å². The Bertz CT molecular complexity index is 336. The molecule has 0 aromatic heterocycles. The van der Waals surface area contributed by atoms with Crippen LogP contribution in [-0.2, 0) is 4.79 Å². The van der Waals surface area contributed by atoms with Gasteiger partial charge < -0.3 is 21.7 Å². The first-order valence-electron chi connectivity index (χ1n) is 8.65. The third-order valence-electron chi connectivity index (χ3n) is 4.07. The molecule has 0 bridgehead atoms. The van der Waals surface area contributed by atoms with Gasteiger partial charge in [0.1, 0.15) is 0 Å². The van der Waals surface area contributed by atoms with Gasteiger partial charge >= 0.3 is 6.03 Å². The number of amides is 3. The maximum atomic E-state index is 11.7. The van der Waals surface area contributed by atoms with Crippen molar-refractivity contribution in [1.29, 1.82) is 0 Å². The highest BCUT2D eigenvalue weighted by atomic mass is 35.5. The number of urea groups is 1. The zero-order chi connectivity index (χ0) is 16.2. The Kier molecular flexibility index (Phi) is 12.8. The number of carbonyl (C=O) groups is 2. The fourth-order valence-corrected chi connectivity index (χ4v) is 2.68. The van der Waals surface area contributed by atoms with Crippen LogP contribution in [0.2, 0.25) is 0 Å². The van der Waals surface area contributed by atoms with E-state index in [-0.39, 0.29) is 30.4 Å². The van der Waals surface area contributed by atoms with Crippen LogP contribution in [0.3, 0.4) is 0 Å². The Morgan fingerprint density at radius 2 is 1.83 bits per heavy atom. The van der Waals surface area contributed by atoms with Crippen molar-refractivity contribution < 1.29 is 9.59 Å². The molecule has 1 atom stereocenters. The quantitative estimate of drug-likeness (QED) is 0.480. The summed E-state index contributed by atoms with van der Waals surface area (Å²) in [5.41, 5.74) is 5.45. The molecule has 0 aromatic rings. The van der Waals surface area contributed by atoms with Crippen LogP contribution in [0.15, 0.2) is 0 Å². The SMILES string of the molecule is C[C@@H](CN)NC(=O)CCCCCNC(=O)NC1CCCCC1.Cl. The van der Waals surface area contributed by atoms with Crippen molar-refractivity contribution in [1.82, 2.24) is 16.0 Å². The van der Waals surface area contributed by atoms with E-state index in [1.54, 1.807) is 0 Å². The summed E-state index contributed by atoms with van der Waals surface area (Å²) in [6, 6.07) is 0.334. The molecular formula is C16H33ClN4O2. The zero-order valence-electron chi connectivity index (χ0n) is 14.2. The van der Waals surface area contributed by atoms with Gasteiger partial charge in [-0.1, -0.05) is 25.7 Å². The molecule has 7 heteroatoms. The monoisotopic (exact) mass is 348 g/mol. The summed E-state index contributed by atoms with van der Waals surface area (Å²) in [5, 5.41) is 8.76. The van der Waals surface area contributed by atoms with Gasteiger partial charge in [-0.2, -0.15) is 0 Å². The fraction of sp³-hybridized carbons (Fsp3) is 0.875. The van der Waals surface area contributed by atoms with Gasteiger partial charge in [0.2, 0.25) is 5.91 Å². The highest BCUT2D eigenvalue weighted by Crippen LogP contribution is 2.17. The molecule has 0 spiro atoms. The van der Waals surface area contributed by atoms with Gasteiger partial charge in [0.25, 0.3) is 0 Å². The molecule has 0 saturated heterocycles. The van der Waals surface area contributed by atoms with Crippen molar-refractivity contribution in [3.63, 3.8) is 0 Å². The normalized spacial score (nSPS) is 16.1. The van der Waals surface area contributed by atoms with Crippen molar-refractivity contribution in [3.8, 4) is 0 Å². The second-order valence-electron chi connectivity index (χ2n) is 6.25. The molecule has 6 nitrogen and oxygen atoms in total. The van der Waals surface area contributed by atoms with Crippen molar-refractivity contribution in [2.75, 3.05) is 13.1 Å². The molecule has 0 radical (unpaired) electrons. The number of halogens is 1. The van der Waals surface area contributed by atoms with Crippen LogP contribution in [0.5, 0.6) is 0 Å². The van der Waals surface area contributed by atoms with Crippen molar-refractivity contribution >= 4 is 24.3 Å². The Balaban J connectivity index is 0.00000484. The molecule has 1 fully saturated rings. The Labute approximate surface area is 146 Å². The van der Waals surface area contributed by atoms with Gasteiger partial charge in [-0.15, -0.1) is 12.4 Å². The summed E-state index contributed by atoms with van der Waals surface area (Å²) in [6.07, 6.45) is 9.14. The summed E-state index contributed by atoms with van der Waals surface area (Å²) in [5.74, 6) is 0.0564. The van der Waals surface area contributed by atoms with Crippen LogP contribution in [0.1, 0.15) is 64.7 Å². The summed E-state index contributed by atoms with van der Waals surface area (Å²) in [4.78, 5) is 23.2. The van der Waals surface area contributed by atoms with E-state index < -0.39 is 0 Å². The molecule has 5 N–H and O–H groups in total. The molecule has 1 aliphatic carbocycles. The Morgan fingerprint density at radius 1 is 1.13 bits per heavy atom. The molecular weight excluding hydrogens is 316 g/mol. The predicted molar refractivity (Wildman–Crippen MR) is 95.8 cm³/mol. The lowest BCUT2D eigenvalue weighted by Crippen LogP contribution is -2.43. The van der Waals surface area contributed by atoms with Gasteiger partial charge in [0.15, 0.2) is 0 Å². The molecule has 136 valence electrons.